The van der Waals surface area contributed by atoms with Crippen molar-refractivity contribution in [1.29, 1.82) is 0 Å². The molecule has 102 valence electrons. The highest BCUT2D eigenvalue weighted by Crippen LogP contribution is 2.13. The first-order chi connectivity index (χ1) is 8.83. The lowest BCUT2D eigenvalue weighted by molar-refractivity contribution is -0.120. The van der Waals surface area contributed by atoms with E-state index in [1.54, 1.807) is 0 Å². The standard InChI is InChI=1S/C12H14N4O2.ClH/c17-11(10-7-18-6-5-13-10)16-12-14-8-3-1-2-4-9(8)15-12;/h1-4,10,13H,5-7H2,(H2,14,15,16,17);1H. The molecule has 0 saturated carbocycles. The van der Waals surface area contributed by atoms with Crippen LogP contribution in [0.25, 0.3) is 11.0 Å². The van der Waals surface area contributed by atoms with Crippen LogP contribution in [0.15, 0.2) is 24.3 Å². The molecule has 1 saturated heterocycles. The fourth-order valence-electron chi connectivity index (χ4n) is 1.95. The predicted octanol–water partition coefficient (Wildman–Crippen LogP) is 0.912. The Bertz CT molecular complexity index is 533. The number of rotatable bonds is 2. The third-order valence-corrected chi connectivity index (χ3v) is 2.87. The van der Waals surface area contributed by atoms with Crippen molar-refractivity contribution in [2.75, 3.05) is 25.1 Å². The van der Waals surface area contributed by atoms with Crippen LogP contribution in [0, 0.1) is 0 Å². The van der Waals surface area contributed by atoms with Gasteiger partial charge in [0.2, 0.25) is 11.9 Å². The fraction of sp³-hybridized carbons (Fsp3) is 0.333. The second-order valence-electron chi connectivity index (χ2n) is 4.17. The first kappa shape index (κ1) is 13.8. The summed E-state index contributed by atoms with van der Waals surface area (Å²) in [5.41, 5.74) is 1.74. The lowest BCUT2D eigenvalue weighted by Crippen LogP contribution is -2.48. The van der Waals surface area contributed by atoms with Gasteiger partial charge in [-0.15, -0.1) is 12.4 Å². The van der Waals surface area contributed by atoms with Crippen LogP contribution in [-0.2, 0) is 9.53 Å². The van der Waals surface area contributed by atoms with Crippen molar-refractivity contribution in [2.24, 2.45) is 0 Å². The van der Waals surface area contributed by atoms with Crippen LogP contribution >= 0.6 is 12.4 Å². The van der Waals surface area contributed by atoms with E-state index in [0.29, 0.717) is 25.7 Å². The van der Waals surface area contributed by atoms with Crippen molar-refractivity contribution in [1.82, 2.24) is 15.3 Å². The number of carbonyl (C=O) groups is 1. The Morgan fingerprint density at radius 2 is 2.26 bits per heavy atom. The maximum absolute atomic E-state index is 11.9. The monoisotopic (exact) mass is 282 g/mol. The SMILES string of the molecule is Cl.O=C(Nc1nc2ccccc2[nH]1)C1COCCN1. The van der Waals surface area contributed by atoms with E-state index in [1.807, 2.05) is 24.3 Å². The number of nitrogens with one attached hydrogen (secondary N) is 3. The van der Waals surface area contributed by atoms with Gasteiger partial charge in [0, 0.05) is 6.54 Å². The maximum Gasteiger partial charge on any atom is 0.246 e. The molecule has 1 atom stereocenters. The highest BCUT2D eigenvalue weighted by atomic mass is 35.5. The molecule has 6 nitrogen and oxygen atoms in total. The van der Waals surface area contributed by atoms with Crippen molar-refractivity contribution < 1.29 is 9.53 Å². The Kier molecular flexibility index (Phi) is 4.36. The first-order valence-corrected chi connectivity index (χ1v) is 5.90. The molecule has 0 bridgehead atoms. The van der Waals surface area contributed by atoms with Crippen LogP contribution in [0.1, 0.15) is 0 Å². The first-order valence-electron chi connectivity index (χ1n) is 5.90. The number of ether oxygens (including phenoxy) is 1. The number of anilines is 1. The molecule has 0 spiro atoms. The number of carbonyl (C=O) groups excluding carboxylic acids is 1. The van der Waals surface area contributed by atoms with Crippen molar-refractivity contribution in [2.45, 2.75) is 6.04 Å². The largest absolute Gasteiger partial charge is 0.378 e. The number of hydrogen-bond donors (Lipinski definition) is 3. The highest BCUT2D eigenvalue weighted by Gasteiger charge is 2.21. The molecule has 1 fully saturated rings. The predicted molar refractivity (Wildman–Crippen MR) is 74.6 cm³/mol. The molecule has 1 aliphatic heterocycles. The van der Waals surface area contributed by atoms with Gasteiger partial charge in [-0.3, -0.25) is 10.1 Å². The number of amides is 1. The number of aromatic amines is 1. The number of benzene rings is 1. The quantitative estimate of drug-likeness (QED) is 0.765. The van der Waals surface area contributed by atoms with E-state index in [-0.39, 0.29) is 24.4 Å². The molecular weight excluding hydrogens is 268 g/mol. The van der Waals surface area contributed by atoms with Gasteiger partial charge in [0.1, 0.15) is 6.04 Å². The van der Waals surface area contributed by atoms with Crippen molar-refractivity contribution in [3.8, 4) is 0 Å². The molecule has 7 heteroatoms. The molecule has 19 heavy (non-hydrogen) atoms. The van der Waals surface area contributed by atoms with Crippen LogP contribution in [0.2, 0.25) is 0 Å². The Morgan fingerprint density at radius 3 is 3.00 bits per heavy atom. The van der Waals surface area contributed by atoms with E-state index in [1.165, 1.54) is 0 Å². The summed E-state index contributed by atoms with van der Waals surface area (Å²) in [6.45, 7) is 1.73. The summed E-state index contributed by atoms with van der Waals surface area (Å²) in [5, 5.41) is 5.85. The van der Waals surface area contributed by atoms with Crippen molar-refractivity contribution in [3.63, 3.8) is 0 Å². The zero-order valence-corrected chi connectivity index (χ0v) is 11.0. The van der Waals surface area contributed by atoms with Crippen LogP contribution in [0.5, 0.6) is 0 Å². The number of halogens is 1. The summed E-state index contributed by atoms with van der Waals surface area (Å²) in [6, 6.07) is 7.32. The summed E-state index contributed by atoms with van der Waals surface area (Å²) < 4.78 is 5.25. The van der Waals surface area contributed by atoms with E-state index in [9.17, 15) is 4.79 Å². The number of hydrogen-bond acceptors (Lipinski definition) is 4. The molecule has 1 amide bonds. The molecular formula is C12H15ClN4O2. The third kappa shape index (κ3) is 3.04. The second kappa shape index (κ2) is 6.01. The molecule has 0 aliphatic carbocycles. The van der Waals surface area contributed by atoms with Crippen molar-refractivity contribution in [3.05, 3.63) is 24.3 Å². The third-order valence-electron chi connectivity index (χ3n) is 2.87. The van der Waals surface area contributed by atoms with Gasteiger partial charge in [-0.2, -0.15) is 0 Å². The Balaban J connectivity index is 0.00000133. The average Bonchev–Trinajstić information content (AvgIpc) is 2.82. The topological polar surface area (TPSA) is 79.0 Å². The molecule has 1 aromatic carbocycles. The van der Waals surface area contributed by atoms with Gasteiger partial charge in [-0.1, -0.05) is 12.1 Å². The lowest BCUT2D eigenvalue weighted by Gasteiger charge is -2.22. The molecule has 1 aliphatic rings. The average molecular weight is 283 g/mol. The van der Waals surface area contributed by atoms with E-state index in [2.05, 4.69) is 20.6 Å². The maximum atomic E-state index is 11.9. The van der Waals surface area contributed by atoms with E-state index in [0.717, 1.165) is 11.0 Å². The highest BCUT2D eigenvalue weighted by molar-refractivity contribution is 5.95. The number of para-hydroxylation sites is 2. The number of fused-ring (bicyclic) bond motifs is 1. The smallest absolute Gasteiger partial charge is 0.246 e. The van der Waals surface area contributed by atoms with Crippen molar-refractivity contribution >= 4 is 35.3 Å². The van der Waals surface area contributed by atoms with Gasteiger partial charge in [-0.05, 0) is 12.1 Å². The molecule has 3 N–H and O–H groups in total. The number of imidazole rings is 1. The molecule has 2 aromatic rings. The minimum absolute atomic E-state index is 0. The Labute approximate surface area is 116 Å². The van der Waals surface area contributed by atoms with Crippen LogP contribution in [0.4, 0.5) is 5.95 Å². The summed E-state index contributed by atoms with van der Waals surface area (Å²) >= 11 is 0. The zero-order valence-electron chi connectivity index (χ0n) is 10.2. The van der Waals surface area contributed by atoms with E-state index < -0.39 is 0 Å². The summed E-state index contributed by atoms with van der Waals surface area (Å²) in [7, 11) is 0. The Hall–Kier alpha value is -1.63. The summed E-state index contributed by atoms with van der Waals surface area (Å²) in [4.78, 5) is 19.3. The minimum atomic E-state index is -0.313. The molecule has 2 heterocycles. The van der Waals surface area contributed by atoms with Gasteiger partial charge in [0.25, 0.3) is 0 Å². The second-order valence-corrected chi connectivity index (χ2v) is 4.17. The molecule has 1 unspecified atom stereocenters. The molecule has 0 radical (unpaired) electrons. The van der Waals surface area contributed by atoms with E-state index in [4.69, 9.17) is 4.74 Å². The lowest BCUT2D eigenvalue weighted by atomic mass is 10.2. The number of aromatic nitrogens is 2. The number of morpholine rings is 1. The summed E-state index contributed by atoms with van der Waals surface area (Å²) in [5.74, 6) is 0.335. The minimum Gasteiger partial charge on any atom is -0.378 e. The number of nitrogens with zero attached hydrogens (tertiary/aromatic N) is 1. The fourth-order valence-corrected chi connectivity index (χ4v) is 1.95. The number of H-pyrrole nitrogens is 1. The Morgan fingerprint density at radius 1 is 1.42 bits per heavy atom. The zero-order chi connectivity index (χ0) is 12.4. The molecule has 1 aromatic heterocycles. The van der Waals surface area contributed by atoms with Gasteiger partial charge in [0.05, 0.1) is 24.2 Å². The summed E-state index contributed by atoms with van der Waals surface area (Å²) in [6.07, 6.45) is 0. The van der Waals surface area contributed by atoms with Gasteiger partial charge < -0.3 is 15.0 Å². The van der Waals surface area contributed by atoms with Crippen LogP contribution in [-0.4, -0.2) is 41.7 Å². The van der Waals surface area contributed by atoms with E-state index >= 15 is 0 Å². The normalized spacial score (nSPS) is 18.8. The van der Waals surface area contributed by atoms with Crippen LogP contribution < -0.4 is 10.6 Å². The van der Waals surface area contributed by atoms with Crippen LogP contribution in [0.3, 0.4) is 0 Å². The van der Waals surface area contributed by atoms with Gasteiger partial charge in [-0.25, -0.2) is 4.98 Å². The van der Waals surface area contributed by atoms with Gasteiger partial charge in [0.15, 0.2) is 0 Å². The van der Waals surface area contributed by atoms with Gasteiger partial charge >= 0.3 is 0 Å². The molecule has 3 rings (SSSR count).